The predicted octanol–water partition coefficient (Wildman–Crippen LogP) is 2.75. The van der Waals surface area contributed by atoms with Crippen LogP contribution in [0.4, 0.5) is 5.69 Å². The van der Waals surface area contributed by atoms with E-state index in [2.05, 4.69) is 29.7 Å². The fourth-order valence-electron chi connectivity index (χ4n) is 4.72. The SMILES string of the molecule is CCOS(=O)(=O)Cc1cccc(C#N)c1N1CCC(CN2CC(C)OC(C)C2)CC1. The Labute approximate surface area is 180 Å². The van der Waals surface area contributed by atoms with Gasteiger partial charge in [-0.3, -0.25) is 9.08 Å². The van der Waals surface area contributed by atoms with Crippen molar-refractivity contribution in [3.05, 3.63) is 29.3 Å². The molecule has 30 heavy (non-hydrogen) atoms. The number of hydrogen-bond donors (Lipinski definition) is 0. The van der Waals surface area contributed by atoms with Gasteiger partial charge in [0.05, 0.1) is 30.1 Å². The van der Waals surface area contributed by atoms with Crippen LogP contribution in [0.15, 0.2) is 18.2 Å². The van der Waals surface area contributed by atoms with Gasteiger partial charge in [0.15, 0.2) is 0 Å². The van der Waals surface area contributed by atoms with Crippen molar-refractivity contribution in [1.29, 1.82) is 5.26 Å². The summed E-state index contributed by atoms with van der Waals surface area (Å²) in [6.45, 7) is 10.7. The van der Waals surface area contributed by atoms with Crippen molar-refractivity contribution in [2.45, 2.75) is 51.6 Å². The molecule has 0 bridgehead atoms. The van der Waals surface area contributed by atoms with Crippen molar-refractivity contribution in [1.82, 2.24) is 4.90 Å². The predicted molar refractivity (Wildman–Crippen MR) is 117 cm³/mol. The Morgan fingerprint density at radius 1 is 1.20 bits per heavy atom. The largest absolute Gasteiger partial charge is 0.373 e. The molecule has 2 unspecified atom stereocenters. The maximum Gasteiger partial charge on any atom is 0.271 e. The van der Waals surface area contributed by atoms with E-state index in [1.165, 1.54) is 0 Å². The molecule has 0 N–H and O–H groups in total. The van der Waals surface area contributed by atoms with Crippen molar-refractivity contribution in [2.24, 2.45) is 5.92 Å². The summed E-state index contributed by atoms with van der Waals surface area (Å²) in [5.41, 5.74) is 1.90. The summed E-state index contributed by atoms with van der Waals surface area (Å²) in [6.07, 6.45) is 2.59. The Bertz CT molecular complexity index is 850. The molecule has 2 heterocycles. The van der Waals surface area contributed by atoms with Gasteiger partial charge in [0, 0.05) is 32.7 Å². The van der Waals surface area contributed by atoms with Gasteiger partial charge in [-0.2, -0.15) is 13.7 Å². The number of morpholine rings is 1. The first-order valence-electron chi connectivity index (χ1n) is 10.8. The molecule has 0 spiro atoms. The van der Waals surface area contributed by atoms with Crippen molar-refractivity contribution in [3.63, 3.8) is 0 Å². The zero-order valence-electron chi connectivity index (χ0n) is 18.2. The van der Waals surface area contributed by atoms with E-state index < -0.39 is 10.1 Å². The van der Waals surface area contributed by atoms with E-state index in [0.717, 1.165) is 51.3 Å². The fraction of sp³-hybridized carbons (Fsp3) is 0.682. The zero-order valence-corrected chi connectivity index (χ0v) is 19.0. The van der Waals surface area contributed by atoms with E-state index in [1.807, 2.05) is 0 Å². The van der Waals surface area contributed by atoms with Gasteiger partial charge in [0.1, 0.15) is 11.8 Å². The number of benzene rings is 1. The Balaban J connectivity index is 1.68. The van der Waals surface area contributed by atoms with Gasteiger partial charge >= 0.3 is 0 Å². The molecule has 1 aromatic carbocycles. The molecule has 0 aliphatic carbocycles. The van der Waals surface area contributed by atoms with Gasteiger partial charge in [0.25, 0.3) is 10.1 Å². The summed E-state index contributed by atoms with van der Waals surface area (Å²) in [7, 11) is -3.67. The molecule has 7 nitrogen and oxygen atoms in total. The summed E-state index contributed by atoms with van der Waals surface area (Å²) in [5.74, 6) is 0.387. The molecule has 2 atom stereocenters. The monoisotopic (exact) mass is 435 g/mol. The molecular formula is C22H33N3O4S. The molecule has 2 fully saturated rings. The van der Waals surface area contributed by atoms with Crippen LogP contribution in [0.3, 0.4) is 0 Å². The van der Waals surface area contributed by atoms with Crippen LogP contribution in [0.1, 0.15) is 44.7 Å². The lowest BCUT2D eigenvalue weighted by Gasteiger charge is -2.40. The summed E-state index contributed by atoms with van der Waals surface area (Å²) in [6, 6.07) is 7.53. The van der Waals surface area contributed by atoms with Crippen molar-refractivity contribution < 1.29 is 17.3 Å². The lowest BCUT2D eigenvalue weighted by molar-refractivity contribution is -0.0720. The smallest absolute Gasteiger partial charge is 0.271 e. The molecule has 3 rings (SSSR count). The molecule has 0 radical (unpaired) electrons. The summed E-state index contributed by atoms with van der Waals surface area (Å²) >= 11 is 0. The first-order chi connectivity index (χ1) is 14.3. The van der Waals surface area contributed by atoms with Crippen LogP contribution < -0.4 is 4.90 Å². The minimum atomic E-state index is -3.67. The third kappa shape index (κ3) is 5.94. The minimum Gasteiger partial charge on any atom is -0.373 e. The van der Waals surface area contributed by atoms with Crippen LogP contribution in [-0.2, 0) is 24.8 Å². The Hall–Kier alpha value is -1.66. The molecule has 0 aromatic heterocycles. The van der Waals surface area contributed by atoms with Gasteiger partial charge < -0.3 is 9.64 Å². The average molecular weight is 436 g/mol. The number of nitriles is 1. The van der Waals surface area contributed by atoms with E-state index in [4.69, 9.17) is 8.92 Å². The molecule has 2 aliphatic rings. The summed E-state index contributed by atoms with van der Waals surface area (Å²) in [5, 5.41) is 9.62. The highest BCUT2D eigenvalue weighted by Crippen LogP contribution is 2.31. The molecule has 2 aliphatic heterocycles. The third-order valence-corrected chi connectivity index (χ3v) is 7.07. The van der Waals surface area contributed by atoms with Crippen molar-refractivity contribution in [2.75, 3.05) is 44.2 Å². The molecule has 1 aromatic rings. The Morgan fingerprint density at radius 3 is 2.47 bits per heavy atom. The van der Waals surface area contributed by atoms with Gasteiger partial charge in [-0.25, -0.2) is 0 Å². The summed E-state index contributed by atoms with van der Waals surface area (Å²) in [4.78, 5) is 4.68. The van der Waals surface area contributed by atoms with E-state index in [-0.39, 0.29) is 24.6 Å². The maximum absolute atomic E-state index is 12.2. The zero-order chi connectivity index (χ0) is 21.7. The minimum absolute atomic E-state index is 0.111. The van der Waals surface area contributed by atoms with Gasteiger partial charge in [-0.1, -0.05) is 12.1 Å². The van der Waals surface area contributed by atoms with Crippen molar-refractivity contribution >= 4 is 15.8 Å². The first kappa shape index (κ1) is 23.0. The molecule has 8 heteroatoms. The number of hydrogen-bond acceptors (Lipinski definition) is 7. The molecule has 0 saturated carbocycles. The number of anilines is 1. The van der Waals surface area contributed by atoms with E-state index >= 15 is 0 Å². The van der Waals surface area contributed by atoms with Crippen LogP contribution in [-0.4, -0.2) is 64.9 Å². The van der Waals surface area contributed by atoms with Gasteiger partial charge in [-0.15, -0.1) is 0 Å². The maximum atomic E-state index is 12.2. The Morgan fingerprint density at radius 2 is 1.87 bits per heavy atom. The molecule has 166 valence electrons. The number of nitrogens with zero attached hydrogens (tertiary/aromatic N) is 3. The van der Waals surface area contributed by atoms with E-state index in [9.17, 15) is 13.7 Å². The lowest BCUT2D eigenvalue weighted by Crippen LogP contribution is -2.48. The van der Waals surface area contributed by atoms with Crippen LogP contribution in [0, 0.1) is 17.2 Å². The topological polar surface area (TPSA) is 82.9 Å². The lowest BCUT2D eigenvalue weighted by atomic mass is 9.94. The standard InChI is InChI=1S/C22H33N3O4S/c1-4-28-30(26,27)16-21-7-5-6-20(12-23)22(21)25-10-8-19(9-11-25)15-24-13-17(2)29-18(3)14-24/h5-7,17-19H,4,8-11,13-16H2,1-3H3. The van der Waals surface area contributed by atoms with E-state index in [0.29, 0.717) is 17.0 Å². The van der Waals surface area contributed by atoms with Crippen LogP contribution in [0.2, 0.25) is 0 Å². The Kier molecular flexibility index (Phi) is 7.75. The second kappa shape index (κ2) is 10.1. The second-order valence-corrected chi connectivity index (χ2v) is 10.1. The highest BCUT2D eigenvalue weighted by molar-refractivity contribution is 7.85. The molecular weight excluding hydrogens is 402 g/mol. The highest BCUT2D eigenvalue weighted by Gasteiger charge is 2.28. The van der Waals surface area contributed by atoms with Gasteiger partial charge in [0.2, 0.25) is 0 Å². The van der Waals surface area contributed by atoms with Crippen molar-refractivity contribution in [3.8, 4) is 6.07 Å². The quantitative estimate of drug-likeness (QED) is 0.609. The second-order valence-electron chi connectivity index (χ2n) is 8.44. The number of para-hydroxylation sites is 1. The van der Waals surface area contributed by atoms with E-state index in [1.54, 1.807) is 25.1 Å². The number of piperidine rings is 1. The van der Waals surface area contributed by atoms with Crippen LogP contribution in [0.5, 0.6) is 0 Å². The first-order valence-corrected chi connectivity index (χ1v) is 12.4. The highest BCUT2D eigenvalue weighted by atomic mass is 32.2. The van der Waals surface area contributed by atoms with Gasteiger partial charge in [-0.05, 0) is 51.2 Å². The molecule has 2 saturated heterocycles. The third-order valence-electron chi connectivity index (χ3n) is 5.81. The van der Waals surface area contributed by atoms with Crippen LogP contribution in [0.25, 0.3) is 0 Å². The van der Waals surface area contributed by atoms with Crippen LogP contribution >= 0.6 is 0 Å². The number of rotatable bonds is 7. The average Bonchev–Trinajstić information content (AvgIpc) is 2.67. The normalized spacial score (nSPS) is 24.0. The summed E-state index contributed by atoms with van der Waals surface area (Å²) < 4.78 is 35.2. The fourth-order valence-corrected chi connectivity index (χ4v) is 5.78. The molecule has 0 amide bonds. The number of ether oxygens (including phenoxy) is 1.